The largest absolute Gasteiger partial charge is 0.497 e. The third kappa shape index (κ3) is 8.88. The van der Waals surface area contributed by atoms with Gasteiger partial charge in [0.15, 0.2) is 5.96 Å². The number of ether oxygens (including phenoxy) is 2. The van der Waals surface area contributed by atoms with E-state index in [1.165, 1.54) is 6.42 Å². The van der Waals surface area contributed by atoms with Crippen LogP contribution in [0.4, 0.5) is 5.69 Å². The van der Waals surface area contributed by atoms with Crippen LogP contribution in [0.2, 0.25) is 0 Å². The van der Waals surface area contributed by atoms with Crippen molar-refractivity contribution in [3.05, 3.63) is 18.2 Å². The second kappa shape index (κ2) is 12.3. The van der Waals surface area contributed by atoms with Gasteiger partial charge in [-0.2, -0.15) is 0 Å². The van der Waals surface area contributed by atoms with Crippen molar-refractivity contribution in [2.24, 2.45) is 10.4 Å². The van der Waals surface area contributed by atoms with Crippen LogP contribution in [0.15, 0.2) is 23.2 Å². The van der Waals surface area contributed by atoms with Crippen LogP contribution in [0.25, 0.3) is 0 Å². The Morgan fingerprint density at radius 1 is 1.10 bits per heavy atom. The van der Waals surface area contributed by atoms with E-state index in [1.54, 1.807) is 14.2 Å². The SMILES string of the molecule is CN=C(NCCCC(C)(C)C)NC1CCN(c2cc(OC)cc(OC)c2)CC1.I. The third-order valence-corrected chi connectivity index (χ3v) is 5.16. The maximum atomic E-state index is 5.40. The summed E-state index contributed by atoms with van der Waals surface area (Å²) in [5.74, 6) is 2.57. The summed E-state index contributed by atoms with van der Waals surface area (Å²) in [7, 11) is 5.22. The number of hydrogen-bond acceptors (Lipinski definition) is 4. The molecule has 166 valence electrons. The number of piperidine rings is 1. The lowest BCUT2D eigenvalue weighted by molar-refractivity contribution is 0.365. The van der Waals surface area contributed by atoms with Crippen LogP contribution in [-0.2, 0) is 0 Å². The molecule has 0 aliphatic carbocycles. The van der Waals surface area contributed by atoms with Crippen LogP contribution in [0.3, 0.4) is 0 Å². The van der Waals surface area contributed by atoms with Crippen LogP contribution >= 0.6 is 24.0 Å². The molecule has 0 amide bonds. The summed E-state index contributed by atoms with van der Waals surface area (Å²) in [6.45, 7) is 9.80. The van der Waals surface area contributed by atoms with Crippen LogP contribution in [0.1, 0.15) is 46.5 Å². The molecule has 0 radical (unpaired) electrons. The number of halogens is 1. The number of nitrogens with zero attached hydrogens (tertiary/aromatic N) is 2. The quantitative estimate of drug-likeness (QED) is 0.244. The second-order valence-electron chi connectivity index (χ2n) is 8.64. The first kappa shape index (κ1) is 25.7. The number of anilines is 1. The Labute approximate surface area is 193 Å². The van der Waals surface area contributed by atoms with E-state index in [1.807, 2.05) is 13.1 Å². The average Bonchev–Trinajstić information content (AvgIpc) is 2.69. The number of nitrogens with one attached hydrogen (secondary N) is 2. The van der Waals surface area contributed by atoms with Gasteiger partial charge in [-0.05, 0) is 31.1 Å². The average molecular weight is 518 g/mol. The zero-order chi connectivity index (χ0) is 20.6. The summed E-state index contributed by atoms with van der Waals surface area (Å²) in [6, 6.07) is 6.50. The van der Waals surface area contributed by atoms with Gasteiger partial charge >= 0.3 is 0 Å². The lowest BCUT2D eigenvalue weighted by Crippen LogP contribution is -2.49. The van der Waals surface area contributed by atoms with E-state index in [0.717, 1.165) is 62.0 Å². The van der Waals surface area contributed by atoms with Gasteiger partial charge in [-0.25, -0.2) is 0 Å². The number of rotatable bonds is 7. The van der Waals surface area contributed by atoms with Gasteiger partial charge in [-0.1, -0.05) is 20.8 Å². The molecule has 6 nitrogen and oxygen atoms in total. The van der Waals surface area contributed by atoms with E-state index in [2.05, 4.69) is 53.4 Å². The molecule has 0 saturated carbocycles. The molecule has 2 rings (SSSR count). The maximum Gasteiger partial charge on any atom is 0.191 e. The molecule has 2 N–H and O–H groups in total. The molecule has 0 spiro atoms. The Balaban J connectivity index is 0.00000420. The minimum Gasteiger partial charge on any atom is -0.497 e. The van der Waals surface area contributed by atoms with E-state index < -0.39 is 0 Å². The molecule has 1 heterocycles. The van der Waals surface area contributed by atoms with Crippen LogP contribution < -0.4 is 25.0 Å². The highest BCUT2D eigenvalue weighted by molar-refractivity contribution is 14.0. The van der Waals surface area contributed by atoms with Gasteiger partial charge in [0.1, 0.15) is 11.5 Å². The monoisotopic (exact) mass is 518 g/mol. The Hall–Kier alpha value is -1.38. The van der Waals surface area contributed by atoms with Gasteiger partial charge in [-0.3, -0.25) is 4.99 Å². The van der Waals surface area contributed by atoms with Gasteiger partial charge in [-0.15, -0.1) is 24.0 Å². The Bertz CT molecular complexity index is 616. The molecule has 29 heavy (non-hydrogen) atoms. The van der Waals surface area contributed by atoms with Crippen LogP contribution in [-0.4, -0.2) is 52.9 Å². The number of hydrogen-bond donors (Lipinski definition) is 2. The first-order valence-electron chi connectivity index (χ1n) is 10.3. The number of aliphatic imine (C=N–C) groups is 1. The zero-order valence-electron chi connectivity index (χ0n) is 18.9. The van der Waals surface area contributed by atoms with Gasteiger partial charge in [0.25, 0.3) is 0 Å². The van der Waals surface area contributed by atoms with Crippen molar-refractivity contribution >= 4 is 35.6 Å². The summed E-state index contributed by atoms with van der Waals surface area (Å²) in [6.07, 6.45) is 4.50. The predicted octanol–water partition coefficient (Wildman–Crippen LogP) is 4.28. The molecule has 0 atom stereocenters. The van der Waals surface area contributed by atoms with Crippen molar-refractivity contribution in [3.63, 3.8) is 0 Å². The molecular weight excluding hydrogens is 479 g/mol. The lowest BCUT2D eigenvalue weighted by atomic mass is 9.91. The molecule has 1 aliphatic heterocycles. The Morgan fingerprint density at radius 3 is 2.17 bits per heavy atom. The molecule has 0 unspecified atom stereocenters. The summed E-state index contributed by atoms with van der Waals surface area (Å²) in [4.78, 5) is 6.78. The summed E-state index contributed by atoms with van der Waals surface area (Å²) < 4.78 is 10.8. The zero-order valence-corrected chi connectivity index (χ0v) is 21.2. The number of methoxy groups -OCH3 is 2. The normalized spacial score (nSPS) is 15.5. The minimum atomic E-state index is 0. The fourth-order valence-corrected chi connectivity index (χ4v) is 3.47. The van der Waals surface area contributed by atoms with Gasteiger partial charge in [0, 0.05) is 56.6 Å². The fourth-order valence-electron chi connectivity index (χ4n) is 3.47. The molecule has 0 aromatic heterocycles. The molecular formula is C22H39IN4O2. The van der Waals surface area contributed by atoms with Gasteiger partial charge < -0.3 is 25.0 Å². The van der Waals surface area contributed by atoms with E-state index in [4.69, 9.17) is 9.47 Å². The van der Waals surface area contributed by atoms with Crippen molar-refractivity contribution in [1.29, 1.82) is 0 Å². The van der Waals surface area contributed by atoms with Gasteiger partial charge in [0.2, 0.25) is 0 Å². The lowest BCUT2D eigenvalue weighted by Gasteiger charge is -2.34. The standard InChI is InChI=1S/C22H38N4O2.HI/c1-22(2,3)10-7-11-24-21(23-4)25-17-8-12-26(13-9-17)18-14-19(27-5)16-20(15-18)28-6;/h14-17H,7-13H2,1-6H3,(H2,23,24,25);1H. The highest BCUT2D eigenvalue weighted by Crippen LogP contribution is 2.30. The molecule has 1 aromatic rings. The summed E-state index contributed by atoms with van der Waals surface area (Å²) in [5.41, 5.74) is 1.54. The van der Waals surface area contributed by atoms with E-state index in [0.29, 0.717) is 11.5 Å². The molecule has 1 saturated heterocycles. The van der Waals surface area contributed by atoms with Crippen molar-refractivity contribution in [2.75, 3.05) is 45.8 Å². The van der Waals surface area contributed by atoms with E-state index >= 15 is 0 Å². The number of benzene rings is 1. The van der Waals surface area contributed by atoms with Crippen molar-refractivity contribution in [1.82, 2.24) is 10.6 Å². The molecule has 1 fully saturated rings. The van der Waals surface area contributed by atoms with Crippen LogP contribution in [0.5, 0.6) is 11.5 Å². The first-order valence-corrected chi connectivity index (χ1v) is 10.3. The molecule has 1 aliphatic rings. The van der Waals surface area contributed by atoms with Crippen molar-refractivity contribution in [3.8, 4) is 11.5 Å². The van der Waals surface area contributed by atoms with Crippen molar-refractivity contribution in [2.45, 2.75) is 52.5 Å². The Morgan fingerprint density at radius 2 is 1.69 bits per heavy atom. The van der Waals surface area contributed by atoms with Gasteiger partial charge in [0.05, 0.1) is 14.2 Å². The smallest absolute Gasteiger partial charge is 0.191 e. The topological polar surface area (TPSA) is 58.1 Å². The fraction of sp³-hybridized carbons (Fsp3) is 0.682. The van der Waals surface area contributed by atoms with E-state index in [-0.39, 0.29) is 24.0 Å². The van der Waals surface area contributed by atoms with E-state index in [9.17, 15) is 0 Å². The second-order valence-corrected chi connectivity index (χ2v) is 8.64. The third-order valence-electron chi connectivity index (χ3n) is 5.16. The Kier molecular flexibility index (Phi) is 10.9. The molecule has 1 aromatic carbocycles. The predicted molar refractivity (Wildman–Crippen MR) is 133 cm³/mol. The highest BCUT2D eigenvalue weighted by atomic mass is 127. The molecule has 0 bridgehead atoms. The van der Waals surface area contributed by atoms with Crippen LogP contribution in [0, 0.1) is 5.41 Å². The highest BCUT2D eigenvalue weighted by Gasteiger charge is 2.21. The minimum absolute atomic E-state index is 0. The maximum absolute atomic E-state index is 5.40. The van der Waals surface area contributed by atoms with Crippen molar-refractivity contribution < 1.29 is 9.47 Å². The summed E-state index contributed by atoms with van der Waals surface area (Å²) in [5, 5.41) is 7.04. The number of guanidine groups is 1. The molecule has 7 heteroatoms. The first-order chi connectivity index (χ1) is 13.3. The summed E-state index contributed by atoms with van der Waals surface area (Å²) >= 11 is 0.